The van der Waals surface area contributed by atoms with Gasteiger partial charge in [-0.05, 0) is 11.0 Å². The van der Waals surface area contributed by atoms with E-state index in [4.69, 9.17) is 15.2 Å². The number of ketones is 1. The van der Waals surface area contributed by atoms with Crippen molar-refractivity contribution in [2.24, 2.45) is 17.1 Å². The molecule has 0 saturated heterocycles. The number of allylic oxidation sites excluding steroid dienone is 2. The van der Waals surface area contributed by atoms with Crippen LogP contribution in [0.3, 0.4) is 0 Å². The zero-order chi connectivity index (χ0) is 19.9. The summed E-state index contributed by atoms with van der Waals surface area (Å²) in [4.78, 5) is 36.1. The zero-order valence-electron chi connectivity index (χ0n) is 15.4. The molecule has 0 bridgehead atoms. The number of nitro benzene ring substituents is 1. The number of nitro groups is 1. The second-order valence-electron chi connectivity index (χ2n) is 7.74. The van der Waals surface area contributed by atoms with Crippen LogP contribution in [0.15, 0.2) is 35.6 Å². The summed E-state index contributed by atoms with van der Waals surface area (Å²) in [7, 11) is 1.23. The fourth-order valence-corrected chi connectivity index (χ4v) is 3.95. The van der Waals surface area contributed by atoms with Gasteiger partial charge in [0.15, 0.2) is 12.0 Å². The van der Waals surface area contributed by atoms with Crippen LogP contribution in [0.4, 0.5) is 5.69 Å². The summed E-state index contributed by atoms with van der Waals surface area (Å²) in [6.07, 6.45) is -0.215. The van der Waals surface area contributed by atoms with Crippen molar-refractivity contribution in [2.45, 2.75) is 38.8 Å². The molecule has 27 heavy (non-hydrogen) atoms. The Kier molecular flexibility index (Phi) is 4.77. The van der Waals surface area contributed by atoms with Crippen LogP contribution in [0.2, 0.25) is 0 Å². The Morgan fingerprint density at radius 3 is 2.70 bits per heavy atom. The number of non-ortho nitro benzene ring substituents is 1. The third-order valence-corrected chi connectivity index (χ3v) is 5.09. The first-order chi connectivity index (χ1) is 12.6. The van der Waals surface area contributed by atoms with Gasteiger partial charge in [-0.2, -0.15) is 0 Å². The average Bonchev–Trinajstić information content (AvgIpc) is 2.58. The van der Waals surface area contributed by atoms with E-state index in [1.165, 1.54) is 25.3 Å². The lowest BCUT2D eigenvalue weighted by molar-refractivity contribution is -0.384. The van der Waals surface area contributed by atoms with E-state index in [0.29, 0.717) is 29.7 Å². The number of hydrogen-bond acceptors (Lipinski definition) is 7. The molecule has 1 aliphatic carbocycles. The SMILES string of the molecule is COC(=O)C1C(N)OC2=C(C(=O)CC(C)(C)C2)C1c1cccc([N+](=O)[O-])c1. The second-order valence-corrected chi connectivity index (χ2v) is 7.74. The highest BCUT2D eigenvalue weighted by Gasteiger charge is 2.49. The van der Waals surface area contributed by atoms with Crippen LogP contribution in [0.5, 0.6) is 0 Å². The minimum atomic E-state index is -1.01. The van der Waals surface area contributed by atoms with Crippen molar-refractivity contribution in [1.82, 2.24) is 0 Å². The van der Waals surface area contributed by atoms with E-state index in [-0.39, 0.29) is 16.9 Å². The molecule has 1 aliphatic heterocycles. The molecule has 1 aromatic rings. The molecule has 3 unspecified atom stereocenters. The molecule has 1 aromatic carbocycles. The molecule has 0 spiro atoms. The first-order valence-corrected chi connectivity index (χ1v) is 8.65. The van der Waals surface area contributed by atoms with Gasteiger partial charge >= 0.3 is 5.97 Å². The molecule has 0 saturated carbocycles. The largest absolute Gasteiger partial charge is 0.478 e. The molecule has 8 nitrogen and oxygen atoms in total. The number of benzene rings is 1. The Hall–Kier alpha value is -2.74. The molecule has 2 N–H and O–H groups in total. The van der Waals surface area contributed by atoms with Crippen LogP contribution in [-0.4, -0.2) is 30.0 Å². The molecule has 0 radical (unpaired) electrons. The molecule has 2 aliphatic rings. The predicted molar refractivity (Wildman–Crippen MR) is 95.5 cm³/mol. The molecule has 1 heterocycles. The summed E-state index contributed by atoms with van der Waals surface area (Å²) in [5.74, 6) is -2.03. The number of carbonyl (C=O) groups excluding carboxylic acids is 2. The summed E-state index contributed by atoms with van der Waals surface area (Å²) in [5.41, 5.74) is 6.54. The van der Waals surface area contributed by atoms with Gasteiger partial charge in [0.05, 0.1) is 12.0 Å². The third kappa shape index (κ3) is 3.44. The average molecular weight is 374 g/mol. The minimum Gasteiger partial charge on any atom is -0.478 e. The number of methoxy groups -OCH3 is 1. The van der Waals surface area contributed by atoms with Crippen LogP contribution >= 0.6 is 0 Å². The predicted octanol–water partition coefficient (Wildman–Crippen LogP) is 2.43. The Morgan fingerprint density at radius 1 is 1.37 bits per heavy atom. The maximum absolute atomic E-state index is 12.9. The Morgan fingerprint density at radius 2 is 2.07 bits per heavy atom. The molecule has 0 fully saturated rings. The van der Waals surface area contributed by atoms with Gasteiger partial charge in [0.25, 0.3) is 5.69 Å². The van der Waals surface area contributed by atoms with Gasteiger partial charge in [0, 0.05) is 36.5 Å². The highest BCUT2D eigenvalue weighted by Crippen LogP contribution is 2.49. The van der Waals surface area contributed by atoms with Gasteiger partial charge in [-0.25, -0.2) is 0 Å². The van der Waals surface area contributed by atoms with Crippen LogP contribution in [0.25, 0.3) is 0 Å². The number of hydrogen-bond donors (Lipinski definition) is 1. The maximum atomic E-state index is 12.9. The summed E-state index contributed by atoms with van der Waals surface area (Å²) in [6, 6.07) is 5.91. The number of Topliss-reactive ketones (excluding diaryl/α,β-unsaturated/α-hetero) is 1. The highest BCUT2D eigenvalue weighted by molar-refractivity contribution is 6.00. The van der Waals surface area contributed by atoms with E-state index in [2.05, 4.69) is 0 Å². The van der Waals surface area contributed by atoms with Crippen molar-refractivity contribution >= 4 is 17.4 Å². The summed E-state index contributed by atoms with van der Waals surface area (Å²) in [5, 5.41) is 11.2. The van der Waals surface area contributed by atoms with E-state index in [1.54, 1.807) is 6.07 Å². The fourth-order valence-electron chi connectivity index (χ4n) is 3.95. The van der Waals surface area contributed by atoms with Crippen molar-refractivity contribution in [3.8, 4) is 0 Å². The second kappa shape index (κ2) is 6.77. The van der Waals surface area contributed by atoms with E-state index >= 15 is 0 Å². The summed E-state index contributed by atoms with van der Waals surface area (Å²) in [6.45, 7) is 3.91. The van der Waals surface area contributed by atoms with Crippen molar-refractivity contribution in [1.29, 1.82) is 0 Å². The summed E-state index contributed by atoms with van der Waals surface area (Å²) >= 11 is 0. The first kappa shape index (κ1) is 19.0. The smallest absolute Gasteiger partial charge is 0.314 e. The highest BCUT2D eigenvalue weighted by atomic mass is 16.6. The van der Waals surface area contributed by atoms with Gasteiger partial charge in [0.1, 0.15) is 11.7 Å². The molecular weight excluding hydrogens is 352 g/mol. The Balaban J connectivity index is 2.20. The maximum Gasteiger partial charge on any atom is 0.314 e. The van der Waals surface area contributed by atoms with Crippen LogP contribution in [0.1, 0.15) is 38.2 Å². The van der Waals surface area contributed by atoms with E-state index in [9.17, 15) is 19.7 Å². The normalized spacial score (nSPS) is 26.8. The number of nitrogens with zero attached hydrogens (tertiary/aromatic N) is 1. The quantitative estimate of drug-likeness (QED) is 0.490. The van der Waals surface area contributed by atoms with Crippen LogP contribution < -0.4 is 5.73 Å². The molecule has 3 rings (SSSR count). The lowest BCUT2D eigenvalue weighted by Crippen LogP contribution is -2.48. The number of carbonyl (C=O) groups is 2. The number of rotatable bonds is 3. The van der Waals surface area contributed by atoms with Crippen molar-refractivity contribution in [3.63, 3.8) is 0 Å². The lowest BCUT2D eigenvalue weighted by atomic mass is 9.68. The fraction of sp³-hybridized carbons (Fsp3) is 0.474. The molecule has 8 heteroatoms. The topological polar surface area (TPSA) is 122 Å². The van der Waals surface area contributed by atoms with E-state index in [1.807, 2.05) is 13.8 Å². The first-order valence-electron chi connectivity index (χ1n) is 8.65. The number of esters is 1. The number of nitrogens with two attached hydrogens (primary N) is 1. The van der Waals surface area contributed by atoms with E-state index < -0.39 is 29.0 Å². The molecule has 3 atom stereocenters. The molecule has 0 amide bonds. The third-order valence-electron chi connectivity index (χ3n) is 5.09. The zero-order valence-corrected chi connectivity index (χ0v) is 15.4. The van der Waals surface area contributed by atoms with Gasteiger partial charge < -0.3 is 9.47 Å². The minimum absolute atomic E-state index is 0.123. The van der Waals surface area contributed by atoms with Crippen LogP contribution in [0, 0.1) is 21.4 Å². The van der Waals surface area contributed by atoms with Gasteiger partial charge in [-0.3, -0.25) is 25.4 Å². The molecule has 144 valence electrons. The van der Waals surface area contributed by atoms with Crippen LogP contribution in [-0.2, 0) is 19.1 Å². The van der Waals surface area contributed by atoms with Gasteiger partial charge in [-0.15, -0.1) is 0 Å². The monoisotopic (exact) mass is 374 g/mol. The van der Waals surface area contributed by atoms with Gasteiger partial charge in [-0.1, -0.05) is 26.0 Å². The van der Waals surface area contributed by atoms with Crippen molar-refractivity contribution in [3.05, 3.63) is 51.3 Å². The molecule has 0 aromatic heterocycles. The van der Waals surface area contributed by atoms with Crippen molar-refractivity contribution < 1.29 is 24.0 Å². The lowest BCUT2D eigenvalue weighted by Gasteiger charge is -2.42. The molecular formula is C19H22N2O6. The Bertz CT molecular complexity index is 844. The number of ether oxygens (including phenoxy) is 2. The Labute approximate surface area is 156 Å². The summed E-state index contributed by atoms with van der Waals surface area (Å²) < 4.78 is 10.6. The van der Waals surface area contributed by atoms with E-state index in [0.717, 1.165) is 0 Å². The van der Waals surface area contributed by atoms with Crippen molar-refractivity contribution in [2.75, 3.05) is 7.11 Å². The standard InChI is InChI=1S/C19H22N2O6/c1-19(2)8-12(22)15-13(9-19)27-17(20)16(18(23)26-3)14(15)10-5-4-6-11(7-10)21(24)25/h4-7,14,16-17H,8-9,20H2,1-3H3. The van der Waals surface area contributed by atoms with Gasteiger partial charge in [0.2, 0.25) is 0 Å².